The van der Waals surface area contributed by atoms with Gasteiger partial charge in [0.05, 0.1) is 17.4 Å². The summed E-state index contributed by atoms with van der Waals surface area (Å²) in [6, 6.07) is 17.8. The van der Waals surface area contributed by atoms with Crippen molar-refractivity contribution >= 4 is 23.7 Å². The summed E-state index contributed by atoms with van der Waals surface area (Å²) in [5.74, 6) is -3.76. The first-order valence-corrected chi connectivity index (χ1v) is 10.9. The molecule has 2 atom stereocenters. The van der Waals surface area contributed by atoms with Crippen LogP contribution in [0.1, 0.15) is 34.3 Å². The number of rotatable bonds is 7. The smallest absolute Gasteiger partial charge is 0.411 e. The molecule has 9 heteroatoms. The molecule has 3 aromatic carbocycles. The molecule has 0 saturated heterocycles. The lowest BCUT2D eigenvalue weighted by atomic mass is 9.98. The minimum atomic E-state index is -1.62. The molecule has 0 radical (unpaired) electrons. The third kappa shape index (κ3) is 4.85. The molecule has 180 valence electrons. The maximum atomic E-state index is 14.9. The van der Waals surface area contributed by atoms with Gasteiger partial charge in [-0.2, -0.15) is 0 Å². The lowest BCUT2D eigenvalue weighted by molar-refractivity contribution is -0.141. The standard InChI is InChI=1S/C26H23FN2O6/c1-14(30)23(25(32)33)29-24(31)19-11-6-12-21(22(19)27)28-26(34)35-13-20-17-9-4-2-7-15(17)16-8-3-5-10-18(16)20/h2-12,14,20,23,30H,13H2,1H3,(H,28,34)(H,29,31)(H,32,33)/t14-,23+/m1/s1. The Morgan fingerprint density at radius 1 is 0.971 bits per heavy atom. The van der Waals surface area contributed by atoms with E-state index in [4.69, 9.17) is 9.84 Å². The number of fused-ring (bicyclic) bond motifs is 3. The van der Waals surface area contributed by atoms with Crippen LogP contribution in [0.3, 0.4) is 0 Å². The highest BCUT2D eigenvalue weighted by Gasteiger charge is 2.30. The molecule has 4 rings (SSSR count). The first-order valence-electron chi connectivity index (χ1n) is 10.9. The molecule has 1 aliphatic rings. The summed E-state index contributed by atoms with van der Waals surface area (Å²) in [7, 11) is 0. The Morgan fingerprint density at radius 3 is 2.14 bits per heavy atom. The molecule has 0 unspecified atom stereocenters. The van der Waals surface area contributed by atoms with Gasteiger partial charge >= 0.3 is 12.1 Å². The Labute approximate surface area is 200 Å². The first kappa shape index (κ1) is 23.9. The number of aliphatic carboxylic acids is 1. The lowest BCUT2D eigenvalue weighted by Crippen LogP contribution is -2.47. The van der Waals surface area contributed by atoms with E-state index in [9.17, 15) is 23.9 Å². The van der Waals surface area contributed by atoms with E-state index in [1.54, 1.807) is 0 Å². The molecular formula is C26H23FN2O6. The van der Waals surface area contributed by atoms with Crippen LogP contribution < -0.4 is 10.6 Å². The topological polar surface area (TPSA) is 125 Å². The minimum Gasteiger partial charge on any atom is -0.480 e. The normalized spacial score (nSPS) is 13.8. The molecule has 1 aliphatic carbocycles. The first-order chi connectivity index (χ1) is 16.8. The number of carboxylic acid groups (broad SMARTS) is 1. The molecule has 3 aromatic rings. The van der Waals surface area contributed by atoms with Gasteiger partial charge in [-0.25, -0.2) is 14.0 Å². The fourth-order valence-corrected chi connectivity index (χ4v) is 4.16. The summed E-state index contributed by atoms with van der Waals surface area (Å²) in [6.45, 7) is 1.21. The van der Waals surface area contributed by atoms with Gasteiger partial charge < -0.3 is 20.3 Å². The predicted octanol–water partition coefficient (Wildman–Crippen LogP) is 3.75. The number of aliphatic hydroxyl groups is 1. The van der Waals surface area contributed by atoms with Gasteiger partial charge in [-0.05, 0) is 41.3 Å². The number of amides is 2. The average Bonchev–Trinajstić information content (AvgIpc) is 3.15. The van der Waals surface area contributed by atoms with Crippen LogP contribution in [-0.2, 0) is 9.53 Å². The van der Waals surface area contributed by atoms with Crippen molar-refractivity contribution in [2.75, 3.05) is 11.9 Å². The van der Waals surface area contributed by atoms with E-state index >= 15 is 0 Å². The molecule has 0 spiro atoms. The summed E-state index contributed by atoms with van der Waals surface area (Å²) >= 11 is 0. The molecule has 4 N–H and O–H groups in total. The Kier molecular flexibility index (Phi) is 6.79. The number of aliphatic hydroxyl groups excluding tert-OH is 1. The maximum Gasteiger partial charge on any atom is 0.411 e. The zero-order valence-corrected chi connectivity index (χ0v) is 18.7. The number of carbonyl (C=O) groups excluding carboxylic acids is 2. The van der Waals surface area contributed by atoms with Crippen LogP contribution in [0.5, 0.6) is 0 Å². The highest BCUT2D eigenvalue weighted by atomic mass is 19.1. The zero-order valence-electron chi connectivity index (χ0n) is 18.7. The molecule has 0 saturated carbocycles. The SMILES string of the molecule is C[C@@H](O)[C@H](NC(=O)c1cccc(NC(=O)OCC2c3ccccc3-c3ccccc32)c1F)C(=O)O. The van der Waals surface area contributed by atoms with Crippen molar-refractivity contribution < 1.29 is 33.7 Å². The average molecular weight is 478 g/mol. The lowest BCUT2D eigenvalue weighted by Gasteiger charge is -2.18. The molecular weight excluding hydrogens is 455 g/mol. The van der Waals surface area contributed by atoms with Gasteiger partial charge in [0.2, 0.25) is 0 Å². The summed E-state index contributed by atoms with van der Waals surface area (Å²) in [5, 5.41) is 23.0. The van der Waals surface area contributed by atoms with Crippen LogP contribution in [0.15, 0.2) is 66.7 Å². The van der Waals surface area contributed by atoms with Gasteiger partial charge in [-0.3, -0.25) is 10.1 Å². The van der Waals surface area contributed by atoms with Crippen molar-refractivity contribution in [2.24, 2.45) is 0 Å². The van der Waals surface area contributed by atoms with Crippen molar-refractivity contribution in [3.63, 3.8) is 0 Å². The number of carbonyl (C=O) groups is 3. The monoisotopic (exact) mass is 478 g/mol. The van der Waals surface area contributed by atoms with E-state index < -0.39 is 41.5 Å². The molecule has 35 heavy (non-hydrogen) atoms. The number of hydrogen-bond donors (Lipinski definition) is 4. The molecule has 0 fully saturated rings. The van der Waals surface area contributed by atoms with Gasteiger partial charge in [-0.1, -0.05) is 54.6 Å². The van der Waals surface area contributed by atoms with Crippen LogP contribution in [0, 0.1) is 5.82 Å². The Bertz CT molecular complexity index is 1250. The van der Waals surface area contributed by atoms with E-state index in [2.05, 4.69) is 10.6 Å². The number of halogens is 1. The minimum absolute atomic E-state index is 0.0241. The van der Waals surface area contributed by atoms with Gasteiger partial charge in [0.15, 0.2) is 11.9 Å². The highest BCUT2D eigenvalue weighted by molar-refractivity contribution is 5.98. The summed E-state index contributed by atoms with van der Waals surface area (Å²) in [6.07, 6.45) is -2.31. The number of anilines is 1. The fourth-order valence-electron chi connectivity index (χ4n) is 4.16. The highest BCUT2D eigenvalue weighted by Crippen LogP contribution is 2.44. The van der Waals surface area contributed by atoms with E-state index in [0.29, 0.717) is 0 Å². The van der Waals surface area contributed by atoms with Gasteiger partial charge in [0, 0.05) is 5.92 Å². The third-order valence-corrected chi connectivity index (χ3v) is 5.86. The van der Waals surface area contributed by atoms with Crippen LogP contribution in [-0.4, -0.2) is 46.9 Å². The van der Waals surface area contributed by atoms with Gasteiger partial charge in [0.1, 0.15) is 6.61 Å². The van der Waals surface area contributed by atoms with Gasteiger partial charge in [-0.15, -0.1) is 0 Å². The van der Waals surface area contributed by atoms with E-state index in [1.165, 1.54) is 19.1 Å². The second kappa shape index (κ2) is 9.94. The number of hydrogen-bond acceptors (Lipinski definition) is 5. The molecule has 2 amide bonds. The number of carboxylic acids is 1. The molecule has 8 nitrogen and oxygen atoms in total. The number of ether oxygens (including phenoxy) is 1. The third-order valence-electron chi connectivity index (χ3n) is 5.86. The predicted molar refractivity (Wildman–Crippen MR) is 126 cm³/mol. The Hall–Kier alpha value is -4.24. The van der Waals surface area contributed by atoms with Crippen LogP contribution in [0.2, 0.25) is 0 Å². The maximum absolute atomic E-state index is 14.9. The van der Waals surface area contributed by atoms with Crippen LogP contribution in [0.25, 0.3) is 11.1 Å². The van der Waals surface area contributed by atoms with E-state index in [1.807, 2.05) is 48.5 Å². The molecule has 0 bridgehead atoms. The fraction of sp³-hybridized carbons (Fsp3) is 0.192. The van der Waals surface area contributed by atoms with Crippen LogP contribution >= 0.6 is 0 Å². The summed E-state index contributed by atoms with van der Waals surface area (Å²) in [5.41, 5.74) is 3.39. The number of nitrogens with one attached hydrogen (secondary N) is 2. The van der Waals surface area contributed by atoms with Crippen molar-refractivity contribution in [2.45, 2.75) is 25.0 Å². The largest absolute Gasteiger partial charge is 0.480 e. The van der Waals surface area contributed by atoms with E-state index in [0.717, 1.165) is 28.3 Å². The van der Waals surface area contributed by atoms with Crippen molar-refractivity contribution in [1.82, 2.24) is 5.32 Å². The van der Waals surface area contributed by atoms with Crippen molar-refractivity contribution in [1.29, 1.82) is 0 Å². The molecule has 0 aromatic heterocycles. The summed E-state index contributed by atoms with van der Waals surface area (Å²) in [4.78, 5) is 36.1. The zero-order chi connectivity index (χ0) is 25.1. The van der Waals surface area contributed by atoms with Gasteiger partial charge in [0.25, 0.3) is 5.91 Å². The van der Waals surface area contributed by atoms with E-state index in [-0.39, 0.29) is 18.2 Å². The summed E-state index contributed by atoms with van der Waals surface area (Å²) < 4.78 is 20.3. The molecule has 0 heterocycles. The van der Waals surface area contributed by atoms with Crippen LogP contribution in [0.4, 0.5) is 14.9 Å². The Balaban J connectivity index is 1.45. The second-order valence-electron chi connectivity index (χ2n) is 8.15. The molecule has 0 aliphatic heterocycles. The number of benzene rings is 3. The Morgan fingerprint density at radius 2 is 1.57 bits per heavy atom. The van der Waals surface area contributed by atoms with Crippen molar-refractivity contribution in [3.8, 4) is 11.1 Å². The second-order valence-corrected chi connectivity index (χ2v) is 8.15. The quantitative estimate of drug-likeness (QED) is 0.410. The van der Waals surface area contributed by atoms with Crippen molar-refractivity contribution in [3.05, 3.63) is 89.2 Å².